The van der Waals surface area contributed by atoms with Crippen LogP contribution in [-0.4, -0.2) is 16.1 Å². The second-order valence-electron chi connectivity index (χ2n) is 3.67. The first-order valence-electron chi connectivity index (χ1n) is 4.90. The molecule has 0 aliphatic heterocycles. The van der Waals surface area contributed by atoms with E-state index in [1.165, 1.54) is 0 Å². The minimum atomic E-state index is 0.644. The number of aryl methyl sites for hydroxylation is 2. The van der Waals surface area contributed by atoms with Crippen LogP contribution in [0.15, 0.2) is 28.7 Å². The number of aromatic nitrogens is 2. The highest BCUT2D eigenvalue weighted by Crippen LogP contribution is 2.23. The van der Waals surface area contributed by atoms with Crippen LogP contribution in [0, 0.1) is 13.8 Å². The van der Waals surface area contributed by atoms with E-state index in [0.29, 0.717) is 5.56 Å². The number of benzene rings is 1. The molecule has 0 atom stereocenters. The predicted molar refractivity (Wildman–Crippen MR) is 66.1 cm³/mol. The summed E-state index contributed by atoms with van der Waals surface area (Å²) < 4.78 is 2.75. The van der Waals surface area contributed by atoms with Crippen molar-refractivity contribution in [3.63, 3.8) is 0 Å². The summed E-state index contributed by atoms with van der Waals surface area (Å²) in [5.41, 5.74) is 3.53. The van der Waals surface area contributed by atoms with Gasteiger partial charge in [0.25, 0.3) is 0 Å². The number of rotatable bonds is 2. The van der Waals surface area contributed by atoms with Crippen LogP contribution in [0.3, 0.4) is 0 Å². The van der Waals surface area contributed by atoms with Crippen molar-refractivity contribution >= 4 is 22.2 Å². The average molecular weight is 279 g/mol. The lowest BCUT2D eigenvalue weighted by Crippen LogP contribution is -2.01. The highest BCUT2D eigenvalue weighted by molar-refractivity contribution is 9.10. The summed E-state index contributed by atoms with van der Waals surface area (Å²) in [4.78, 5) is 10.7. The van der Waals surface area contributed by atoms with Crippen molar-refractivity contribution in [1.29, 1.82) is 0 Å². The van der Waals surface area contributed by atoms with Gasteiger partial charge in [-0.3, -0.25) is 4.79 Å². The number of nitrogens with zero attached hydrogens (tertiary/aromatic N) is 2. The number of halogens is 1. The molecule has 0 spiro atoms. The molecule has 1 aromatic heterocycles. The minimum absolute atomic E-state index is 0.644. The molecule has 0 saturated heterocycles. The Hall–Kier alpha value is -1.42. The molecule has 0 fully saturated rings. The molecule has 3 nitrogen and oxygen atoms in total. The predicted octanol–water partition coefficient (Wildman–Crippen LogP) is 3.06. The second-order valence-corrected chi connectivity index (χ2v) is 4.52. The third kappa shape index (κ3) is 1.93. The van der Waals surface area contributed by atoms with Gasteiger partial charge in [-0.1, -0.05) is 6.07 Å². The molecule has 16 heavy (non-hydrogen) atoms. The van der Waals surface area contributed by atoms with Crippen molar-refractivity contribution in [2.45, 2.75) is 13.8 Å². The monoisotopic (exact) mass is 278 g/mol. The molecule has 0 unspecified atom stereocenters. The van der Waals surface area contributed by atoms with Crippen LogP contribution in [0.5, 0.6) is 0 Å². The van der Waals surface area contributed by atoms with E-state index in [0.717, 1.165) is 27.8 Å². The van der Waals surface area contributed by atoms with Crippen LogP contribution in [0.1, 0.15) is 21.7 Å². The topological polar surface area (TPSA) is 34.9 Å². The van der Waals surface area contributed by atoms with Crippen molar-refractivity contribution in [2.24, 2.45) is 0 Å². The van der Waals surface area contributed by atoms with Gasteiger partial charge in [-0.15, -0.1) is 0 Å². The van der Waals surface area contributed by atoms with E-state index in [2.05, 4.69) is 21.0 Å². The fourth-order valence-corrected chi connectivity index (χ4v) is 2.05. The third-order valence-corrected chi connectivity index (χ3v) is 3.01. The van der Waals surface area contributed by atoms with Gasteiger partial charge < -0.3 is 0 Å². The van der Waals surface area contributed by atoms with Crippen LogP contribution >= 0.6 is 15.9 Å². The zero-order chi connectivity index (χ0) is 11.7. The molecule has 1 heterocycles. The molecule has 0 saturated carbocycles. The lowest BCUT2D eigenvalue weighted by Gasteiger charge is -2.07. The van der Waals surface area contributed by atoms with E-state index in [4.69, 9.17) is 0 Å². The van der Waals surface area contributed by atoms with Crippen LogP contribution in [0.2, 0.25) is 0 Å². The molecule has 1 aromatic carbocycles. The van der Waals surface area contributed by atoms with E-state index in [-0.39, 0.29) is 0 Å². The number of carbonyl (C=O) groups is 1. The van der Waals surface area contributed by atoms with Gasteiger partial charge in [0.1, 0.15) is 6.29 Å². The maximum Gasteiger partial charge on any atom is 0.150 e. The Kier molecular flexibility index (Phi) is 2.92. The van der Waals surface area contributed by atoms with Gasteiger partial charge in [-0.05, 0) is 48.0 Å². The quantitative estimate of drug-likeness (QED) is 0.792. The molecular weight excluding hydrogens is 268 g/mol. The van der Waals surface area contributed by atoms with E-state index < -0.39 is 0 Å². The lowest BCUT2D eigenvalue weighted by molar-refractivity contribution is 0.112. The highest BCUT2D eigenvalue weighted by atomic mass is 79.9. The van der Waals surface area contributed by atoms with Crippen molar-refractivity contribution in [3.8, 4) is 5.69 Å². The highest BCUT2D eigenvalue weighted by Gasteiger charge is 2.08. The van der Waals surface area contributed by atoms with Gasteiger partial charge in [-0.25, -0.2) is 4.68 Å². The number of aldehydes is 1. The summed E-state index contributed by atoms with van der Waals surface area (Å²) in [5.74, 6) is 0. The first kappa shape index (κ1) is 11.1. The molecule has 82 valence electrons. The molecule has 2 rings (SSSR count). The Morgan fingerprint density at radius 3 is 2.62 bits per heavy atom. The zero-order valence-electron chi connectivity index (χ0n) is 9.07. The third-order valence-electron chi connectivity index (χ3n) is 2.34. The molecule has 0 N–H and O–H groups in total. The summed E-state index contributed by atoms with van der Waals surface area (Å²) >= 11 is 3.46. The van der Waals surface area contributed by atoms with Crippen LogP contribution in [0.4, 0.5) is 0 Å². The summed E-state index contributed by atoms with van der Waals surface area (Å²) in [5, 5.41) is 4.39. The molecule has 4 heteroatoms. The summed E-state index contributed by atoms with van der Waals surface area (Å²) in [6.07, 6.45) is 0.835. The Morgan fingerprint density at radius 2 is 2.06 bits per heavy atom. The van der Waals surface area contributed by atoms with Gasteiger partial charge in [0.2, 0.25) is 0 Å². The fourth-order valence-electron chi connectivity index (χ4n) is 1.64. The van der Waals surface area contributed by atoms with Crippen molar-refractivity contribution < 1.29 is 4.79 Å². The first-order chi connectivity index (χ1) is 7.61. The van der Waals surface area contributed by atoms with Gasteiger partial charge in [0.05, 0.1) is 11.4 Å². The van der Waals surface area contributed by atoms with Crippen molar-refractivity contribution in [3.05, 3.63) is 45.7 Å². The van der Waals surface area contributed by atoms with E-state index >= 15 is 0 Å². The molecular formula is C12H11BrN2O. The SMILES string of the molecule is Cc1cc(C)n(-c2cc(C=O)ccc2Br)n1. The number of hydrogen-bond donors (Lipinski definition) is 0. The Bertz CT molecular complexity index is 546. The largest absolute Gasteiger partial charge is 0.298 e. The maximum absolute atomic E-state index is 10.7. The van der Waals surface area contributed by atoms with Crippen LogP contribution in [-0.2, 0) is 0 Å². The summed E-state index contributed by atoms with van der Waals surface area (Å²) in [6.45, 7) is 3.93. The van der Waals surface area contributed by atoms with Gasteiger partial charge in [0.15, 0.2) is 0 Å². The van der Waals surface area contributed by atoms with Crippen LogP contribution in [0.25, 0.3) is 5.69 Å². The van der Waals surface area contributed by atoms with E-state index in [1.54, 1.807) is 6.07 Å². The second kappa shape index (κ2) is 4.22. The minimum Gasteiger partial charge on any atom is -0.298 e. The number of carbonyl (C=O) groups excluding carboxylic acids is 1. The lowest BCUT2D eigenvalue weighted by atomic mass is 10.2. The van der Waals surface area contributed by atoms with Gasteiger partial charge in [-0.2, -0.15) is 5.10 Å². The molecule has 0 aliphatic carbocycles. The van der Waals surface area contributed by atoms with Gasteiger partial charge >= 0.3 is 0 Å². The van der Waals surface area contributed by atoms with Crippen molar-refractivity contribution in [2.75, 3.05) is 0 Å². The summed E-state index contributed by atoms with van der Waals surface area (Å²) in [7, 11) is 0. The van der Waals surface area contributed by atoms with E-state index in [1.807, 2.05) is 36.7 Å². The van der Waals surface area contributed by atoms with Gasteiger partial charge in [0, 0.05) is 15.7 Å². The molecule has 2 aromatic rings. The van der Waals surface area contributed by atoms with E-state index in [9.17, 15) is 4.79 Å². The Morgan fingerprint density at radius 1 is 1.31 bits per heavy atom. The number of hydrogen-bond acceptors (Lipinski definition) is 2. The molecule has 0 radical (unpaired) electrons. The summed E-state index contributed by atoms with van der Waals surface area (Å²) in [6, 6.07) is 7.44. The Balaban J connectivity index is 2.62. The zero-order valence-corrected chi connectivity index (χ0v) is 10.7. The molecule has 0 aliphatic rings. The maximum atomic E-state index is 10.7. The first-order valence-corrected chi connectivity index (χ1v) is 5.69. The normalized spacial score (nSPS) is 10.4. The molecule has 0 bridgehead atoms. The standard InChI is InChI=1S/C12H11BrN2O/c1-8-5-9(2)15(14-8)12-6-10(7-16)3-4-11(12)13/h3-7H,1-2H3. The molecule has 0 amide bonds. The van der Waals surface area contributed by atoms with Crippen LogP contribution < -0.4 is 0 Å². The Labute approximate surface area is 102 Å². The average Bonchev–Trinajstić information content (AvgIpc) is 2.58. The fraction of sp³-hybridized carbons (Fsp3) is 0.167. The smallest absolute Gasteiger partial charge is 0.150 e. The van der Waals surface area contributed by atoms with Crippen molar-refractivity contribution in [1.82, 2.24) is 9.78 Å².